The van der Waals surface area contributed by atoms with Gasteiger partial charge in [0.15, 0.2) is 0 Å². The van der Waals surface area contributed by atoms with Gasteiger partial charge in [-0.2, -0.15) is 0 Å². The van der Waals surface area contributed by atoms with E-state index >= 15 is 0 Å². The maximum atomic E-state index is 12.4. The van der Waals surface area contributed by atoms with Gasteiger partial charge in [-0.1, -0.05) is 0 Å². The van der Waals surface area contributed by atoms with Crippen LogP contribution in [0.5, 0.6) is 0 Å². The van der Waals surface area contributed by atoms with Crippen LogP contribution < -0.4 is 4.90 Å². The Morgan fingerprint density at radius 1 is 1.08 bits per heavy atom. The van der Waals surface area contributed by atoms with E-state index in [1.807, 2.05) is 11.9 Å². The maximum absolute atomic E-state index is 12.4. The van der Waals surface area contributed by atoms with Gasteiger partial charge in [0.05, 0.1) is 12.7 Å². The molecule has 0 saturated carbocycles. The summed E-state index contributed by atoms with van der Waals surface area (Å²) in [6.07, 6.45) is 0.280. The van der Waals surface area contributed by atoms with E-state index in [0.29, 0.717) is 17.8 Å². The molecule has 1 aromatic rings. The van der Waals surface area contributed by atoms with Crippen molar-refractivity contribution in [3.05, 3.63) is 29.8 Å². The largest absolute Gasteiger partial charge is 0.465 e. The molecular weight excluding hydrogens is 322 g/mol. The molecule has 0 radical (unpaired) electrons. The van der Waals surface area contributed by atoms with Crippen molar-refractivity contribution >= 4 is 23.5 Å². The molecule has 0 N–H and O–H groups in total. The zero-order chi connectivity index (χ0) is 18.4. The van der Waals surface area contributed by atoms with Crippen LogP contribution in [-0.4, -0.2) is 74.5 Å². The molecule has 25 heavy (non-hydrogen) atoms. The van der Waals surface area contributed by atoms with Crippen molar-refractivity contribution in [1.29, 1.82) is 0 Å². The van der Waals surface area contributed by atoms with Gasteiger partial charge in [-0.05, 0) is 31.3 Å². The smallest absolute Gasteiger partial charge is 0.337 e. The summed E-state index contributed by atoms with van der Waals surface area (Å²) in [7, 11) is 3.36. The highest BCUT2D eigenvalue weighted by molar-refractivity contribution is 5.94. The molecular formula is C18H25N3O4. The molecule has 1 aliphatic heterocycles. The molecule has 0 aromatic heterocycles. The number of likely N-dealkylation sites (N-methyl/N-ethyl adjacent to an activating group) is 1. The molecule has 0 unspecified atom stereocenters. The van der Waals surface area contributed by atoms with E-state index in [2.05, 4.69) is 9.64 Å². The number of rotatable bonds is 5. The van der Waals surface area contributed by atoms with Crippen molar-refractivity contribution in [2.45, 2.75) is 13.3 Å². The van der Waals surface area contributed by atoms with Crippen LogP contribution in [0.4, 0.5) is 5.69 Å². The van der Waals surface area contributed by atoms with Crippen LogP contribution >= 0.6 is 0 Å². The summed E-state index contributed by atoms with van der Waals surface area (Å²) in [6, 6.07) is 6.60. The van der Waals surface area contributed by atoms with Crippen molar-refractivity contribution in [1.82, 2.24) is 9.80 Å². The first-order valence-electron chi connectivity index (χ1n) is 8.35. The average molecular weight is 347 g/mol. The second-order valence-electron chi connectivity index (χ2n) is 6.14. The Bertz CT molecular complexity index is 622. The minimum atomic E-state index is -0.425. The number of anilines is 1. The van der Waals surface area contributed by atoms with Gasteiger partial charge in [0.25, 0.3) is 0 Å². The molecule has 2 amide bonds. The van der Waals surface area contributed by atoms with Gasteiger partial charge in [0, 0.05) is 51.8 Å². The average Bonchev–Trinajstić information content (AvgIpc) is 2.62. The lowest BCUT2D eigenvalue weighted by molar-refractivity contribution is -0.132. The monoisotopic (exact) mass is 347 g/mol. The van der Waals surface area contributed by atoms with Crippen LogP contribution in [0.2, 0.25) is 0 Å². The van der Waals surface area contributed by atoms with Gasteiger partial charge in [-0.3, -0.25) is 9.59 Å². The van der Waals surface area contributed by atoms with Crippen LogP contribution in [-0.2, 0) is 14.3 Å². The lowest BCUT2D eigenvalue weighted by Crippen LogP contribution is -2.47. The summed E-state index contributed by atoms with van der Waals surface area (Å²) in [6.45, 7) is 4.98. The molecule has 0 atom stereocenters. The van der Waals surface area contributed by atoms with E-state index in [4.69, 9.17) is 0 Å². The summed E-state index contributed by atoms with van der Waals surface area (Å²) in [5.41, 5.74) is 1.08. The van der Waals surface area contributed by atoms with Crippen LogP contribution in [0.1, 0.15) is 23.7 Å². The Hall–Kier alpha value is -2.41. The van der Waals surface area contributed by atoms with Gasteiger partial charge in [0.2, 0.25) is 11.8 Å². The second-order valence-corrected chi connectivity index (χ2v) is 6.14. The van der Waals surface area contributed by atoms with Crippen LogP contribution in [0, 0.1) is 0 Å². The topological polar surface area (TPSA) is 70.2 Å². The summed E-state index contributed by atoms with van der Waals surface area (Å²) >= 11 is 0. The van der Waals surface area contributed by atoms with Crippen LogP contribution in [0.3, 0.4) is 0 Å². The number of nitrogens with zero attached hydrogens (tertiary/aromatic N) is 3. The molecule has 0 bridgehead atoms. The SMILES string of the molecule is COC(=O)c1ccc(N(CCC(=O)N2CCN(C)CC2)C(C)=O)cc1. The number of carbonyl (C=O) groups is 3. The Morgan fingerprint density at radius 3 is 2.20 bits per heavy atom. The highest BCUT2D eigenvalue weighted by Crippen LogP contribution is 2.17. The number of esters is 1. The minimum Gasteiger partial charge on any atom is -0.465 e. The summed E-state index contributed by atoms with van der Waals surface area (Å²) < 4.78 is 4.66. The first-order chi connectivity index (χ1) is 11.9. The van der Waals surface area contributed by atoms with Crippen molar-refractivity contribution < 1.29 is 19.1 Å². The summed E-state index contributed by atoms with van der Waals surface area (Å²) in [4.78, 5) is 41.4. The van der Waals surface area contributed by atoms with E-state index in [1.54, 1.807) is 29.2 Å². The highest BCUT2D eigenvalue weighted by atomic mass is 16.5. The molecule has 136 valence electrons. The molecule has 1 heterocycles. The molecule has 1 aromatic carbocycles. The number of methoxy groups -OCH3 is 1. The molecule has 1 saturated heterocycles. The fraction of sp³-hybridized carbons (Fsp3) is 0.500. The van der Waals surface area contributed by atoms with Crippen molar-refractivity contribution in [3.63, 3.8) is 0 Å². The predicted octanol–water partition coefficient (Wildman–Crippen LogP) is 0.990. The first kappa shape index (κ1) is 18.9. The standard InChI is InChI=1S/C18H25N3O4/c1-14(22)21(16-6-4-15(5-7-16)18(24)25-3)9-8-17(23)20-12-10-19(2)11-13-20/h4-7H,8-13H2,1-3H3. The quantitative estimate of drug-likeness (QED) is 0.743. The number of benzene rings is 1. The zero-order valence-electron chi connectivity index (χ0n) is 15.0. The van der Waals surface area contributed by atoms with Gasteiger partial charge >= 0.3 is 5.97 Å². The summed E-state index contributed by atoms with van der Waals surface area (Å²) in [5, 5.41) is 0. The van der Waals surface area contributed by atoms with Crippen molar-refractivity contribution in [2.24, 2.45) is 0 Å². The Labute approximate surface area is 148 Å². The molecule has 1 fully saturated rings. The Balaban J connectivity index is 1.97. The van der Waals surface area contributed by atoms with E-state index in [9.17, 15) is 14.4 Å². The maximum Gasteiger partial charge on any atom is 0.337 e. The van der Waals surface area contributed by atoms with Crippen molar-refractivity contribution in [3.8, 4) is 0 Å². The third-order valence-electron chi connectivity index (χ3n) is 4.39. The molecule has 2 rings (SSSR count). The van der Waals surface area contributed by atoms with E-state index in [-0.39, 0.29) is 18.2 Å². The minimum absolute atomic E-state index is 0.0607. The van der Waals surface area contributed by atoms with Gasteiger partial charge in [-0.25, -0.2) is 4.79 Å². The number of hydrogen-bond acceptors (Lipinski definition) is 5. The fourth-order valence-electron chi connectivity index (χ4n) is 2.79. The first-order valence-corrected chi connectivity index (χ1v) is 8.35. The molecule has 0 spiro atoms. The lowest BCUT2D eigenvalue weighted by atomic mass is 10.2. The fourth-order valence-corrected chi connectivity index (χ4v) is 2.79. The summed E-state index contributed by atoms with van der Waals surface area (Å²) in [5.74, 6) is -0.506. The second kappa shape index (κ2) is 8.62. The Morgan fingerprint density at radius 2 is 1.68 bits per heavy atom. The third kappa shape index (κ3) is 5.03. The molecule has 7 heteroatoms. The number of hydrogen-bond donors (Lipinski definition) is 0. The van der Waals surface area contributed by atoms with E-state index in [1.165, 1.54) is 14.0 Å². The van der Waals surface area contributed by atoms with Gasteiger partial charge < -0.3 is 19.4 Å². The predicted molar refractivity (Wildman–Crippen MR) is 94.5 cm³/mol. The normalized spacial score (nSPS) is 14.9. The molecule has 7 nitrogen and oxygen atoms in total. The Kier molecular flexibility index (Phi) is 6.52. The number of carbonyl (C=O) groups excluding carboxylic acids is 3. The molecule has 0 aliphatic carbocycles. The van der Waals surface area contributed by atoms with Crippen LogP contribution in [0.15, 0.2) is 24.3 Å². The number of ether oxygens (including phenoxy) is 1. The lowest BCUT2D eigenvalue weighted by Gasteiger charge is -2.33. The number of amides is 2. The van der Waals surface area contributed by atoms with Crippen LogP contribution in [0.25, 0.3) is 0 Å². The third-order valence-corrected chi connectivity index (χ3v) is 4.39. The van der Waals surface area contributed by atoms with Gasteiger partial charge in [-0.15, -0.1) is 0 Å². The van der Waals surface area contributed by atoms with E-state index < -0.39 is 5.97 Å². The zero-order valence-corrected chi connectivity index (χ0v) is 15.0. The van der Waals surface area contributed by atoms with Gasteiger partial charge in [0.1, 0.15) is 0 Å². The van der Waals surface area contributed by atoms with E-state index in [0.717, 1.165) is 26.2 Å². The highest BCUT2D eigenvalue weighted by Gasteiger charge is 2.21. The number of piperazine rings is 1. The molecule has 1 aliphatic rings. The van der Waals surface area contributed by atoms with Crippen molar-refractivity contribution in [2.75, 3.05) is 51.8 Å².